The minimum absolute atomic E-state index is 0.267. The number of ether oxygens (including phenoxy) is 2. The number of carbonyl (C=O) groups is 2. The van der Waals surface area contributed by atoms with Gasteiger partial charge < -0.3 is 9.47 Å². The molecule has 0 N–H and O–H groups in total. The van der Waals surface area contributed by atoms with E-state index < -0.39 is 0 Å². The molecule has 192 valence electrons. The summed E-state index contributed by atoms with van der Waals surface area (Å²) < 4.78 is 10.8. The zero-order valence-corrected chi connectivity index (χ0v) is 21.3. The van der Waals surface area contributed by atoms with Gasteiger partial charge in [0.15, 0.2) is 0 Å². The average molecular weight is 515 g/mol. The fourth-order valence-electron chi connectivity index (χ4n) is 3.99. The van der Waals surface area contributed by atoms with Gasteiger partial charge in [0.05, 0.1) is 23.3 Å². The summed E-state index contributed by atoms with van der Waals surface area (Å²) in [7, 11) is 0. The van der Waals surface area contributed by atoms with Gasteiger partial charge in [-0.1, -0.05) is 55.0 Å². The molecule has 0 saturated heterocycles. The molecule has 0 bridgehead atoms. The lowest BCUT2D eigenvalue weighted by Gasteiger charge is -2.07. The molecule has 6 heteroatoms. The van der Waals surface area contributed by atoms with Gasteiger partial charge in [-0.2, -0.15) is 10.5 Å². The smallest absolute Gasteiger partial charge is 0.311 e. The van der Waals surface area contributed by atoms with E-state index in [4.69, 9.17) is 20.0 Å². The second-order valence-electron chi connectivity index (χ2n) is 8.94. The van der Waals surface area contributed by atoms with Crippen molar-refractivity contribution >= 4 is 11.9 Å². The van der Waals surface area contributed by atoms with Crippen LogP contribution in [0.4, 0.5) is 0 Å². The van der Waals surface area contributed by atoms with Crippen LogP contribution in [0.3, 0.4) is 0 Å². The SMILES string of the molecule is N#Cc1ccc(-c2ccc(OC(=O)CCCCCC(=O)Oc3ccc(-c4ccc(C#N)cc4)cc3)cc2)cc1. The number of esters is 2. The van der Waals surface area contributed by atoms with Crippen molar-refractivity contribution in [3.63, 3.8) is 0 Å². The minimum Gasteiger partial charge on any atom is -0.427 e. The maximum absolute atomic E-state index is 12.2. The van der Waals surface area contributed by atoms with Gasteiger partial charge in [0, 0.05) is 12.8 Å². The molecule has 4 aromatic rings. The van der Waals surface area contributed by atoms with Crippen molar-refractivity contribution in [3.05, 3.63) is 108 Å². The van der Waals surface area contributed by atoms with Gasteiger partial charge in [-0.25, -0.2) is 0 Å². The molecular weight excluding hydrogens is 488 g/mol. The Morgan fingerprint density at radius 1 is 0.487 bits per heavy atom. The lowest BCUT2D eigenvalue weighted by molar-refractivity contribution is -0.134. The Labute approximate surface area is 227 Å². The van der Waals surface area contributed by atoms with E-state index in [1.165, 1.54) is 0 Å². The summed E-state index contributed by atoms with van der Waals surface area (Å²) in [4.78, 5) is 24.4. The highest BCUT2D eigenvalue weighted by atomic mass is 16.5. The number of nitriles is 2. The summed E-state index contributed by atoms with van der Waals surface area (Å²) in [5, 5.41) is 17.8. The summed E-state index contributed by atoms with van der Waals surface area (Å²) in [6.45, 7) is 0. The summed E-state index contributed by atoms with van der Waals surface area (Å²) in [6, 6.07) is 33.2. The molecule has 0 radical (unpaired) electrons. The molecule has 0 aliphatic heterocycles. The predicted octanol–water partition coefficient (Wildman–Crippen LogP) is 7.23. The Balaban J connectivity index is 1.13. The number of unbranched alkanes of at least 4 members (excludes halogenated alkanes) is 2. The van der Waals surface area contributed by atoms with Gasteiger partial charge in [-0.05, 0) is 83.6 Å². The molecule has 4 aromatic carbocycles. The molecule has 0 aliphatic rings. The fraction of sp³-hybridized carbons (Fsp3) is 0.152. The molecule has 0 unspecified atom stereocenters. The lowest BCUT2D eigenvalue weighted by Crippen LogP contribution is -2.09. The van der Waals surface area contributed by atoms with Crippen LogP contribution in [0.5, 0.6) is 11.5 Å². The van der Waals surface area contributed by atoms with Crippen LogP contribution in [0.1, 0.15) is 43.2 Å². The van der Waals surface area contributed by atoms with Crippen molar-refractivity contribution in [2.75, 3.05) is 0 Å². The molecular formula is C33H26N2O4. The molecule has 0 amide bonds. The van der Waals surface area contributed by atoms with Crippen LogP contribution in [-0.4, -0.2) is 11.9 Å². The normalized spacial score (nSPS) is 10.2. The van der Waals surface area contributed by atoms with Gasteiger partial charge in [-0.3, -0.25) is 9.59 Å². The molecule has 39 heavy (non-hydrogen) atoms. The zero-order valence-electron chi connectivity index (χ0n) is 21.3. The predicted molar refractivity (Wildman–Crippen MR) is 148 cm³/mol. The Hall–Kier alpha value is -5.20. The monoisotopic (exact) mass is 514 g/mol. The number of carbonyl (C=O) groups excluding carboxylic acids is 2. The van der Waals surface area contributed by atoms with Crippen molar-refractivity contribution in [1.29, 1.82) is 10.5 Å². The van der Waals surface area contributed by atoms with E-state index in [2.05, 4.69) is 12.1 Å². The van der Waals surface area contributed by atoms with E-state index >= 15 is 0 Å². The first-order chi connectivity index (χ1) is 19.0. The highest BCUT2D eigenvalue weighted by Gasteiger charge is 2.09. The highest BCUT2D eigenvalue weighted by molar-refractivity contribution is 5.74. The van der Waals surface area contributed by atoms with Gasteiger partial charge >= 0.3 is 11.9 Å². The average Bonchev–Trinajstić information content (AvgIpc) is 2.98. The topological polar surface area (TPSA) is 100 Å². The Morgan fingerprint density at radius 3 is 1.10 bits per heavy atom. The highest BCUT2D eigenvalue weighted by Crippen LogP contribution is 2.24. The Kier molecular flexibility index (Phi) is 9.21. The summed E-state index contributed by atoms with van der Waals surface area (Å²) >= 11 is 0. The molecule has 6 nitrogen and oxygen atoms in total. The third kappa shape index (κ3) is 7.89. The number of rotatable bonds is 10. The first-order valence-electron chi connectivity index (χ1n) is 12.7. The van der Waals surface area contributed by atoms with Crippen molar-refractivity contribution in [1.82, 2.24) is 0 Å². The molecule has 0 atom stereocenters. The van der Waals surface area contributed by atoms with Crippen LogP contribution in [0.15, 0.2) is 97.1 Å². The first kappa shape index (κ1) is 26.9. The Morgan fingerprint density at radius 2 is 0.795 bits per heavy atom. The summed E-state index contributed by atoms with van der Waals surface area (Å²) in [6.07, 6.45) is 2.48. The van der Waals surface area contributed by atoms with E-state index in [0.29, 0.717) is 41.9 Å². The summed E-state index contributed by atoms with van der Waals surface area (Å²) in [5.74, 6) is 0.328. The molecule has 4 rings (SSSR count). The third-order valence-electron chi connectivity index (χ3n) is 6.13. The zero-order chi connectivity index (χ0) is 27.5. The maximum atomic E-state index is 12.2. The van der Waals surface area contributed by atoms with Crippen molar-refractivity contribution < 1.29 is 19.1 Å². The lowest BCUT2D eigenvalue weighted by atomic mass is 10.0. The molecule has 0 heterocycles. The first-order valence-corrected chi connectivity index (χ1v) is 12.7. The quantitative estimate of drug-likeness (QED) is 0.126. The van der Waals surface area contributed by atoms with Crippen molar-refractivity contribution in [3.8, 4) is 45.9 Å². The molecule has 0 spiro atoms. The van der Waals surface area contributed by atoms with E-state index in [9.17, 15) is 9.59 Å². The van der Waals surface area contributed by atoms with Crippen molar-refractivity contribution in [2.24, 2.45) is 0 Å². The van der Waals surface area contributed by atoms with E-state index in [-0.39, 0.29) is 24.8 Å². The fourth-order valence-corrected chi connectivity index (χ4v) is 3.99. The van der Waals surface area contributed by atoms with Gasteiger partial charge in [0.1, 0.15) is 11.5 Å². The van der Waals surface area contributed by atoms with E-state index in [0.717, 1.165) is 22.3 Å². The van der Waals surface area contributed by atoms with Crippen LogP contribution in [0, 0.1) is 22.7 Å². The van der Waals surface area contributed by atoms with Crippen molar-refractivity contribution in [2.45, 2.75) is 32.1 Å². The van der Waals surface area contributed by atoms with E-state index in [1.54, 1.807) is 48.5 Å². The van der Waals surface area contributed by atoms with Crippen LogP contribution in [0.2, 0.25) is 0 Å². The van der Waals surface area contributed by atoms with Crippen LogP contribution in [-0.2, 0) is 9.59 Å². The molecule has 0 aromatic heterocycles. The van der Waals surface area contributed by atoms with Crippen LogP contribution >= 0.6 is 0 Å². The number of hydrogen-bond donors (Lipinski definition) is 0. The molecule has 0 aliphatic carbocycles. The van der Waals surface area contributed by atoms with Crippen LogP contribution < -0.4 is 9.47 Å². The Bertz CT molecular complexity index is 1380. The van der Waals surface area contributed by atoms with Gasteiger partial charge in [-0.15, -0.1) is 0 Å². The number of nitrogens with zero attached hydrogens (tertiary/aromatic N) is 2. The number of hydrogen-bond acceptors (Lipinski definition) is 6. The largest absolute Gasteiger partial charge is 0.427 e. The third-order valence-corrected chi connectivity index (χ3v) is 6.13. The second-order valence-corrected chi connectivity index (χ2v) is 8.94. The second kappa shape index (κ2) is 13.4. The maximum Gasteiger partial charge on any atom is 0.311 e. The van der Waals surface area contributed by atoms with Gasteiger partial charge in [0.25, 0.3) is 0 Å². The minimum atomic E-state index is -0.314. The molecule has 0 fully saturated rings. The van der Waals surface area contributed by atoms with E-state index in [1.807, 2.05) is 48.5 Å². The standard InChI is InChI=1S/C33H26N2O4/c34-22-24-6-10-26(11-7-24)28-14-18-30(19-15-28)38-32(36)4-2-1-3-5-33(37)39-31-20-16-29(17-21-31)27-12-8-25(23-35)9-13-27/h6-21H,1-5H2. The number of benzene rings is 4. The molecule has 0 saturated carbocycles. The summed E-state index contributed by atoms with van der Waals surface area (Å²) in [5.41, 5.74) is 5.10. The van der Waals surface area contributed by atoms with Gasteiger partial charge in [0.2, 0.25) is 0 Å². The van der Waals surface area contributed by atoms with Crippen LogP contribution in [0.25, 0.3) is 22.3 Å².